The van der Waals surface area contributed by atoms with E-state index in [2.05, 4.69) is 24.4 Å². The van der Waals surface area contributed by atoms with E-state index >= 15 is 0 Å². The van der Waals surface area contributed by atoms with E-state index in [0.29, 0.717) is 0 Å². The average molecular weight is 318 g/mol. The second-order valence-electron chi connectivity index (χ2n) is 6.44. The Kier molecular flexibility index (Phi) is 4.44. The highest BCUT2D eigenvalue weighted by atomic mass is 16.6. The number of anilines is 1. The minimum Gasteiger partial charge on any atom is -0.271 e. The Labute approximate surface area is 133 Å². The lowest BCUT2D eigenvalue weighted by atomic mass is 9.77. The molecule has 0 fully saturated rings. The summed E-state index contributed by atoms with van der Waals surface area (Å²) in [7, 11) is 0. The van der Waals surface area contributed by atoms with Gasteiger partial charge in [-0.2, -0.15) is 5.10 Å². The lowest BCUT2D eigenvalue weighted by Gasteiger charge is -2.29. The van der Waals surface area contributed by atoms with Crippen molar-refractivity contribution in [1.29, 1.82) is 0 Å². The molecule has 8 heteroatoms. The second kappa shape index (κ2) is 6.15. The van der Waals surface area contributed by atoms with Gasteiger partial charge < -0.3 is 0 Å². The summed E-state index contributed by atoms with van der Waals surface area (Å²) in [6.45, 7) is 6.28. The zero-order valence-corrected chi connectivity index (χ0v) is 13.2. The summed E-state index contributed by atoms with van der Waals surface area (Å²) in [6, 6.07) is 3.43. The van der Waals surface area contributed by atoms with Crippen molar-refractivity contribution in [3.63, 3.8) is 0 Å². The number of nitrogens with one attached hydrogen (secondary N) is 1. The summed E-state index contributed by atoms with van der Waals surface area (Å²) < 4.78 is 0. The largest absolute Gasteiger partial charge is 0.301 e. The molecule has 122 valence electrons. The van der Waals surface area contributed by atoms with Crippen molar-refractivity contribution in [3.05, 3.63) is 50.1 Å². The number of nitro groups is 2. The van der Waals surface area contributed by atoms with Crippen molar-refractivity contribution < 1.29 is 9.85 Å². The first-order valence-corrected chi connectivity index (χ1v) is 7.10. The van der Waals surface area contributed by atoms with Crippen LogP contribution < -0.4 is 5.43 Å². The molecule has 0 amide bonds. The van der Waals surface area contributed by atoms with Crippen LogP contribution in [-0.4, -0.2) is 15.6 Å². The Hall–Kier alpha value is -2.77. The summed E-state index contributed by atoms with van der Waals surface area (Å²) in [6.07, 6.45) is 3.68. The monoisotopic (exact) mass is 318 g/mol. The SMILES string of the molecule is CC1=CC(=NNc2ccc([N+](=O)[O-])cc2[N+](=O)[O-])CC(C)(C)C1. The summed E-state index contributed by atoms with van der Waals surface area (Å²) in [5, 5.41) is 26.0. The van der Waals surface area contributed by atoms with Crippen molar-refractivity contribution in [3.8, 4) is 0 Å². The van der Waals surface area contributed by atoms with Gasteiger partial charge in [-0.25, -0.2) is 0 Å². The normalized spacial score (nSPS) is 18.4. The van der Waals surface area contributed by atoms with Gasteiger partial charge in [0, 0.05) is 6.07 Å². The molecule has 1 aromatic rings. The van der Waals surface area contributed by atoms with Crippen molar-refractivity contribution in [2.75, 3.05) is 5.43 Å². The van der Waals surface area contributed by atoms with Gasteiger partial charge in [-0.3, -0.25) is 25.7 Å². The van der Waals surface area contributed by atoms with Crippen LogP contribution in [0.3, 0.4) is 0 Å². The highest BCUT2D eigenvalue weighted by Gasteiger charge is 2.25. The molecule has 2 rings (SSSR count). The number of hydrogen-bond donors (Lipinski definition) is 1. The molecule has 0 radical (unpaired) electrons. The Morgan fingerprint density at radius 2 is 1.87 bits per heavy atom. The van der Waals surface area contributed by atoms with Crippen LogP contribution in [0.25, 0.3) is 0 Å². The third-order valence-corrected chi connectivity index (χ3v) is 3.54. The Morgan fingerprint density at radius 1 is 1.17 bits per heavy atom. The molecule has 1 aliphatic rings. The van der Waals surface area contributed by atoms with Crippen LogP contribution in [0.5, 0.6) is 0 Å². The van der Waals surface area contributed by atoms with E-state index in [1.54, 1.807) is 0 Å². The zero-order chi connectivity index (χ0) is 17.2. The van der Waals surface area contributed by atoms with Gasteiger partial charge >= 0.3 is 5.69 Å². The van der Waals surface area contributed by atoms with Crippen molar-refractivity contribution in [2.24, 2.45) is 10.5 Å². The van der Waals surface area contributed by atoms with Gasteiger partial charge in [-0.15, -0.1) is 0 Å². The Bertz CT molecular complexity index is 722. The predicted octanol–water partition coefficient (Wildman–Crippen LogP) is 4.04. The molecular formula is C15H18N4O4. The minimum atomic E-state index is -0.668. The number of hydrazone groups is 1. The molecule has 0 bridgehead atoms. The molecule has 8 nitrogen and oxygen atoms in total. The van der Waals surface area contributed by atoms with E-state index in [1.807, 2.05) is 13.0 Å². The van der Waals surface area contributed by atoms with E-state index in [0.717, 1.165) is 24.6 Å². The fourth-order valence-corrected chi connectivity index (χ4v) is 2.78. The molecule has 0 atom stereocenters. The number of non-ortho nitro benzene ring substituents is 1. The average Bonchev–Trinajstić information content (AvgIpc) is 2.42. The number of benzene rings is 1. The zero-order valence-electron chi connectivity index (χ0n) is 13.2. The van der Waals surface area contributed by atoms with Gasteiger partial charge in [0.1, 0.15) is 5.69 Å². The Morgan fingerprint density at radius 3 is 2.43 bits per heavy atom. The van der Waals surface area contributed by atoms with Gasteiger partial charge in [0.05, 0.1) is 21.6 Å². The van der Waals surface area contributed by atoms with Crippen LogP contribution in [0.4, 0.5) is 17.1 Å². The lowest BCUT2D eigenvalue weighted by molar-refractivity contribution is -0.393. The number of hydrogen-bond acceptors (Lipinski definition) is 6. The number of nitrogens with zero attached hydrogens (tertiary/aromatic N) is 3. The molecule has 0 heterocycles. The molecule has 1 N–H and O–H groups in total. The fourth-order valence-electron chi connectivity index (χ4n) is 2.78. The van der Waals surface area contributed by atoms with Crippen LogP contribution in [0.2, 0.25) is 0 Å². The fraction of sp³-hybridized carbons (Fsp3) is 0.400. The second-order valence-corrected chi connectivity index (χ2v) is 6.44. The van der Waals surface area contributed by atoms with Crippen LogP contribution in [0.1, 0.15) is 33.6 Å². The first-order chi connectivity index (χ1) is 10.7. The number of allylic oxidation sites excluding steroid dienone is 2. The van der Waals surface area contributed by atoms with E-state index in [9.17, 15) is 20.2 Å². The van der Waals surface area contributed by atoms with Gasteiger partial charge in [-0.1, -0.05) is 19.4 Å². The third kappa shape index (κ3) is 4.12. The van der Waals surface area contributed by atoms with E-state index in [1.165, 1.54) is 17.7 Å². The summed E-state index contributed by atoms with van der Waals surface area (Å²) in [4.78, 5) is 20.5. The van der Waals surface area contributed by atoms with E-state index < -0.39 is 9.85 Å². The summed E-state index contributed by atoms with van der Waals surface area (Å²) in [5.74, 6) is 0. The highest BCUT2D eigenvalue weighted by molar-refractivity contribution is 5.97. The van der Waals surface area contributed by atoms with Gasteiger partial charge in [-0.05, 0) is 37.3 Å². The molecule has 0 saturated heterocycles. The van der Waals surface area contributed by atoms with Gasteiger partial charge in [0.15, 0.2) is 0 Å². The van der Waals surface area contributed by atoms with Crippen LogP contribution >= 0.6 is 0 Å². The lowest BCUT2D eigenvalue weighted by Crippen LogP contribution is -2.21. The number of rotatable bonds is 4. The maximum absolute atomic E-state index is 11.1. The van der Waals surface area contributed by atoms with Crippen molar-refractivity contribution in [1.82, 2.24) is 0 Å². The molecule has 0 aromatic heterocycles. The molecule has 0 saturated carbocycles. The van der Waals surface area contributed by atoms with Gasteiger partial charge in [0.2, 0.25) is 0 Å². The molecular weight excluding hydrogens is 300 g/mol. The van der Waals surface area contributed by atoms with Gasteiger partial charge in [0.25, 0.3) is 5.69 Å². The first kappa shape index (κ1) is 16.6. The smallest absolute Gasteiger partial charge is 0.271 e. The van der Waals surface area contributed by atoms with Crippen LogP contribution in [0, 0.1) is 25.6 Å². The standard InChI is InChI=1S/C15H18N4O4/c1-10-6-11(9-15(2,3)8-10)16-17-13-5-4-12(18(20)21)7-14(13)19(22)23/h4-7,17H,8-9H2,1-3H3. The molecule has 1 aromatic carbocycles. The predicted molar refractivity (Wildman–Crippen MR) is 87.6 cm³/mol. The molecule has 23 heavy (non-hydrogen) atoms. The molecule has 0 unspecified atom stereocenters. The summed E-state index contributed by atoms with van der Waals surface area (Å²) in [5.41, 5.74) is 4.17. The maximum atomic E-state index is 11.1. The molecule has 0 spiro atoms. The first-order valence-electron chi connectivity index (χ1n) is 7.10. The quantitative estimate of drug-likeness (QED) is 0.665. The van der Waals surface area contributed by atoms with Crippen LogP contribution in [0.15, 0.2) is 34.9 Å². The third-order valence-electron chi connectivity index (χ3n) is 3.54. The topological polar surface area (TPSA) is 111 Å². The summed E-state index contributed by atoms with van der Waals surface area (Å²) >= 11 is 0. The Balaban J connectivity index is 2.30. The highest BCUT2D eigenvalue weighted by Crippen LogP contribution is 2.34. The van der Waals surface area contributed by atoms with E-state index in [4.69, 9.17) is 0 Å². The number of nitro benzene ring substituents is 2. The van der Waals surface area contributed by atoms with Crippen molar-refractivity contribution in [2.45, 2.75) is 33.6 Å². The van der Waals surface area contributed by atoms with Crippen molar-refractivity contribution >= 4 is 22.8 Å². The minimum absolute atomic E-state index is 0.0841. The maximum Gasteiger partial charge on any atom is 0.301 e. The molecule has 1 aliphatic carbocycles. The van der Waals surface area contributed by atoms with Crippen LogP contribution in [-0.2, 0) is 0 Å². The van der Waals surface area contributed by atoms with E-state index in [-0.39, 0.29) is 22.5 Å². The molecule has 0 aliphatic heterocycles.